The number of hydrogen-bond acceptors (Lipinski definition) is 2. The molecule has 0 unspecified atom stereocenters. The molecule has 15 heavy (non-hydrogen) atoms. The first-order valence-corrected chi connectivity index (χ1v) is 5.80. The Balaban J connectivity index is 2.54. The Morgan fingerprint density at radius 1 is 1.47 bits per heavy atom. The lowest BCUT2D eigenvalue weighted by Gasteiger charge is -2.11. The van der Waals surface area contributed by atoms with Crippen LogP contribution in [0.5, 0.6) is 0 Å². The van der Waals surface area contributed by atoms with Crippen molar-refractivity contribution in [2.24, 2.45) is 5.92 Å². The summed E-state index contributed by atoms with van der Waals surface area (Å²) in [6.45, 7) is 8.63. The van der Waals surface area contributed by atoms with Crippen LogP contribution >= 0.6 is 0 Å². The van der Waals surface area contributed by atoms with Gasteiger partial charge in [0.2, 0.25) is 0 Å². The lowest BCUT2D eigenvalue weighted by molar-refractivity contribution is 0.497. The Morgan fingerprint density at radius 3 is 2.80 bits per heavy atom. The summed E-state index contributed by atoms with van der Waals surface area (Å²) in [7, 11) is 1.97. The van der Waals surface area contributed by atoms with E-state index < -0.39 is 0 Å². The van der Waals surface area contributed by atoms with Gasteiger partial charge in [-0.3, -0.25) is 0 Å². The minimum Gasteiger partial charge on any atom is -0.331 e. The molecule has 0 radical (unpaired) electrons. The Bertz CT molecular complexity index is 289. The zero-order valence-corrected chi connectivity index (χ0v) is 10.4. The number of aryl methyl sites for hydroxylation is 1. The molecule has 0 bridgehead atoms. The molecule has 0 saturated carbocycles. The van der Waals surface area contributed by atoms with Crippen molar-refractivity contribution in [2.75, 3.05) is 7.05 Å². The summed E-state index contributed by atoms with van der Waals surface area (Å²) >= 11 is 0. The molecule has 86 valence electrons. The number of nitrogens with zero attached hydrogens (tertiary/aromatic N) is 2. The number of rotatable bonds is 6. The Kier molecular flexibility index (Phi) is 4.82. The summed E-state index contributed by atoms with van der Waals surface area (Å²) < 4.78 is 2.32. The molecule has 3 nitrogen and oxygen atoms in total. The van der Waals surface area contributed by atoms with E-state index in [2.05, 4.69) is 35.6 Å². The largest absolute Gasteiger partial charge is 0.331 e. The van der Waals surface area contributed by atoms with E-state index in [4.69, 9.17) is 0 Å². The molecule has 0 saturated heterocycles. The maximum absolute atomic E-state index is 4.36. The van der Waals surface area contributed by atoms with Gasteiger partial charge in [0, 0.05) is 19.3 Å². The van der Waals surface area contributed by atoms with E-state index in [0.717, 1.165) is 24.8 Å². The van der Waals surface area contributed by atoms with Gasteiger partial charge in [-0.25, -0.2) is 4.98 Å². The third-order valence-corrected chi connectivity index (χ3v) is 2.66. The Hall–Kier alpha value is -0.830. The van der Waals surface area contributed by atoms with Crippen LogP contribution in [0.4, 0.5) is 0 Å². The predicted octanol–water partition coefficient (Wildman–Crippen LogP) is 2.35. The van der Waals surface area contributed by atoms with Gasteiger partial charge in [0.1, 0.15) is 5.82 Å². The number of imidazole rings is 1. The van der Waals surface area contributed by atoms with Crippen LogP contribution in [-0.2, 0) is 13.1 Å². The summed E-state index contributed by atoms with van der Waals surface area (Å²) in [5.41, 5.74) is 1.29. The zero-order chi connectivity index (χ0) is 11.3. The fourth-order valence-electron chi connectivity index (χ4n) is 1.80. The first kappa shape index (κ1) is 12.2. The highest BCUT2D eigenvalue weighted by atomic mass is 15.1. The number of hydrogen-bond donors (Lipinski definition) is 1. The molecule has 1 heterocycles. The second kappa shape index (κ2) is 5.91. The van der Waals surface area contributed by atoms with Gasteiger partial charge in [0.05, 0.1) is 5.69 Å². The lowest BCUT2D eigenvalue weighted by atomic mass is 10.1. The molecular weight excluding hydrogens is 186 g/mol. The highest BCUT2D eigenvalue weighted by Gasteiger charge is 2.05. The second-order valence-corrected chi connectivity index (χ2v) is 4.51. The SMILES string of the molecule is CNCc1cnc(C)n1CCCC(C)C. The minimum absolute atomic E-state index is 0.793. The van der Waals surface area contributed by atoms with Crippen LogP contribution in [-0.4, -0.2) is 16.6 Å². The fraction of sp³-hybridized carbons (Fsp3) is 0.750. The quantitative estimate of drug-likeness (QED) is 0.779. The molecule has 0 atom stereocenters. The van der Waals surface area contributed by atoms with Crippen LogP contribution in [0.1, 0.15) is 38.2 Å². The van der Waals surface area contributed by atoms with Crippen molar-refractivity contribution in [1.29, 1.82) is 0 Å². The van der Waals surface area contributed by atoms with Crippen LogP contribution in [0, 0.1) is 12.8 Å². The maximum Gasteiger partial charge on any atom is 0.105 e. The van der Waals surface area contributed by atoms with Crippen LogP contribution in [0.25, 0.3) is 0 Å². The van der Waals surface area contributed by atoms with Crippen molar-refractivity contribution in [3.8, 4) is 0 Å². The van der Waals surface area contributed by atoms with E-state index in [9.17, 15) is 0 Å². The molecule has 0 aromatic carbocycles. The molecule has 1 aromatic rings. The molecule has 0 aliphatic rings. The van der Waals surface area contributed by atoms with Gasteiger partial charge in [-0.05, 0) is 32.7 Å². The topological polar surface area (TPSA) is 29.9 Å². The van der Waals surface area contributed by atoms with Gasteiger partial charge in [-0.1, -0.05) is 13.8 Å². The number of nitrogens with one attached hydrogen (secondary N) is 1. The summed E-state index contributed by atoms with van der Waals surface area (Å²) in [6, 6.07) is 0. The van der Waals surface area contributed by atoms with E-state index in [-0.39, 0.29) is 0 Å². The first-order chi connectivity index (χ1) is 7.15. The van der Waals surface area contributed by atoms with Gasteiger partial charge >= 0.3 is 0 Å². The van der Waals surface area contributed by atoms with Crippen molar-refractivity contribution in [2.45, 2.75) is 46.7 Å². The van der Waals surface area contributed by atoms with E-state index in [1.807, 2.05) is 13.2 Å². The molecule has 1 N–H and O–H groups in total. The summed E-state index contributed by atoms with van der Waals surface area (Å²) in [5, 5.41) is 3.18. The zero-order valence-electron chi connectivity index (χ0n) is 10.4. The van der Waals surface area contributed by atoms with Crippen molar-refractivity contribution >= 4 is 0 Å². The molecule has 0 aliphatic carbocycles. The van der Waals surface area contributed by atoms with Gasteiger partial charge in [0.25, 0.3) is 0 Å². The van der Waals surface area contributed by atoms with Crippen molar-refractivity contribution in [3.05, 3.63) is 17.7 Å². The molecule has 1 aromatic heterocycles. The molecular formula is C12H23N3. The molecule has 0 spiro atoms. The predicted molar refractivity (Wildman–Crippen MR) is 63.8 cm³/mol. The van der Waals surface area contributed by atoms with E-state index >= 15 is 0 Å². The minimum atomic E-state index is 0.793. The van der Waals surface area contributed by atoms with Gasteiger partial charge in [0.15, 0.2) is 0 Å². The summed E-state index contributed by atoms with van der Waals surface area (Å²) in [4.78, 5) is 4.36. The van der Waals surface area contributed by atoms with E-state index in [1.165, 1.54) is 18.5 Å². The van der Waals surface area contributed by atoms with Gasteiger partial charge in [-0.15, -0.1) is 0 Å². The molecule has 3 heteroatoms. The summed E-state index contributed by atoms with van der Waals surface area (Å²) in [6.07, 6.45) is 4.50. The lowest BCUT2D eigenvalue weighted by Crippen LogP contribution is -2.12. The standard InChI is InChI=1S/C12H23N3/c1-10(2)6-5-7-15-11(3)14-9-12(15)8-13-4/h9-10,13H,5-8H2,1-4H3. The van der Waals surface area contributed by atoms with E-state index in [0.29, 0.717) is 0 Å². The van der Waals surface area contributed by atoms with E-state index in [1.54, 1.807) is 0 Å². The van der Waals surface area contributed by atoms with Crippen molar-refractivity contribution in [1.82, 2.24) is 14.9 Å². The normalized spacial score (nSPS) is 11.3. The maximum atomic E-state index is 4.36. The third-order valence-electron chi connectivity index (χ3n) is 2.66. The highest BCUT2D eigenvalue weighted by Crippen LogP contribution is 2.10. The van der Waals surface area contributed by atoms with Crippen LogP contribution in [0.15, 0.2) is 6.20 Å². The Morgan fingerprint density at radius 2 is 2.20 bits per heavy atom. The van der Waals surface area contributed by atoms with Crippen LogP contribution < -0.4 is 5.32 Å². The average molecular weight is 209 g/mol. The molecule has 1 rings (SSSR count). The van der Waals surface area contributed by atoms with Crippen LogP contribution in [0.2, 0.25) is 0 Å². The smallest absolute Gasteiger partial charge is 0.105 e. The summed E-state index contributed by atoms with van der Waals surface area (Å²) in [5.74, 6) is 1.92. The highest BCUT2D eigenvalue weighted by molar-refractivity contribution is 5.04. The van der Waals surface area contributed by atoms with Gasteiger partial charge in [-0.2, -0.15) is 0 Å². The molecule has 0 fully saturated rings. The molecule has 0 aliphatic heterocycles. The first-order valence-electron chi connectivity index (χ1n) is 5.80. The fourth-order valence-corrected chi connectivity index (χ4v) is 1.80. The van der Waals surface area contributed by atoms with Gasteiger partial charge < -0.3 is 9.88 Å². The monoisotopic (exact) mass is 209 g/mol. The Labute approximate surface area is 92.9 Å². The average Bonchev–Trinajstić information content (AvgIpc) is 2.50. The second-order valence-electron chi connectivity index (χ2n) is 4.51. The van der Waals surface area contributed by atoms with Crippen LogP contribution in [0.3, 0.4) is 0 Å². The molecule has 0 amide bonds. The number of aromatic nitrogens is 2. The van der Waals surface area contributed by atoms with Crippen molar-refractivity contribution in [3.63, 3.8) is 0 Å². The van der Waals surface area contributed by atoms with Crippen molar-refractivity contribution < 1.29 is 0 Å². The third kappa shape index (κ3) is 3.67.